The van der Waals surface area contributed by atoms with E-state index in [0.717, 1.165) is 25.6 Å². The molecule has 11 heteroatoms. The molecule has 156 valence electrons. The van der Waals surface area contributed by atoms with E-state index in [0.29, 0.717) is 20.8 Å². The minimum Gasteiger partial charge on any atom is -0.272 e. The van der Waals surface area contributed by atoms with Gasteiger partial charge in [0.1, 0.15) is 0 Å². The van der Waals surface area contributed by atoms with Gasteiger partial charge in [0.15, 0.2) is 8.68 Å². The topological polar surface area (TPSA) is 67.2 Å². The van der Waals surface area contributed by atoms with Gasteiger partial charge in [0.05, 0.1) is 21.5 Å². The van der Waals surface area contributed by atoms with Crippen molar-refractivity contribution in [1.82, 2.24) is 15.6 Å². The molecular weight excluding hydrogens is 503 g/mol. The molecule has 3 rings (SSSR count). The van der Waals surface area contributed by atoms with Crippen molar-refractivity contribution in [2.45, 2.75) is 21.4 Å². The molecule has 1 heterocycles. The van der Waals surface area contributed by atoms with Gasteiger partial charge < -0.3 is 0 Å². The number of benzene rings is 2. The van der Waals surface area contributed by atoms with Crippen LogP contribution >= 0.6 is 69.7 Å². The maximum Gasteiger partial charge on any atom is 0.250 e. The number of hydrogen-bond donors (Lipinski definition) is 1. The summed E-state index contributed by atoms with van der Waals surface area (Å²) in [5, 5.41) is 14.0. The Morgan fingerprint density at radius 3 is 2.43 bits per heavy atom. The van der Waals surface area contributed by atoms with Gasteiger partial charge in [-0.15, -0.1) is 10.2 Å². The molecule has 0 aliphatic rings. The summed E-state index contributed by atoms with van der Waals surface area (Å²) in [5.41, 5.74) is 5.10. The van der Waals surface area contributed by atoms with Gasteiger partial charge in [0.2, 0.25) is 0 Å². The number of hydrogen-bond acceptors (Lipinski definition) is 7. The summed E-state index contributed by atoms with van der Waals surface area (Å²) in [6.07, 6.45) is 0. The molecule has 0 aliphatic carbocycles. The van der Waals surface area contributed by atoms with Gasteiger partial charge in [0.25, 0.3) is 5.91 Å². The first-order valence-corrected chi connectivity index (χ1v) is 12.4. The summed E-state index contributed by atoms with van der Waals surface area (Å²) in [6, 6.07) is 12.9. The Kier molecular flexibility index (Phi) is 8.85. The molecular formula is C19H15Cl3N4OS3. The quantitative estimate of drug-likeness (QED) is 0.212. The Balaban J connectivity index is 1.45. The lowest BCUT2D eigenvalue weighted by Crippen LogP contribution is -2.21. The van der Waals surface area contributed by atoms with Crippen molar-refractivity contribution >= 4 is 81.3 Å². The van der Waals surface area contributed by atoms with Crippen LogP contribution in [-0.4, -0.2) is 27.6 Å². The van der Waals surface area contributed by atoms with Crippen molar-refractivity contribution in [1.29, 1.82) is 0 Å². The minimum atomic E-state index is -0.232. The Morgan fingerprint density at radius 1 is 1.03 bits per heavy atom. The van der Waals surface area contributed by atoms with E-state index in [1.165, 1.54) is 23.1 Å². The van der Waals surface area contributed by atoms with Gasteiger partial charge in [-0.25, -0.2) is 5.43 Å². The zero-order chi connectivity index (χ0) is 21.5. The number of nitrogens with zero attached hydrogens (tertiary/aromatic N) is 3. The standard InChI is InChI=1S/C19H15Cl3N4OS3/c1-11(13-4-7-15(21)16(22)8-13)23-24-17(27)10-29-19-26-25-18(30-19)28-9-12-2-5-14(20)6-3-12/h2-8H,9-10H2,1H3,(H,24,27)/b23-11+. The van der Waals surface area contributed by atoms with Crippen LogP contribution in [0.2, 0.25) is 15.1 Å². The fourth-order valence-corrected chi connectivity index (χ4v) is 5.32. The highest BCUT2D eigenvalue weighted by molar-refractivity contribution is 8.03. The molecule has 0 bridgehead atoms. The van der Waals surface area contributed by atoms with Crippen LogP contribution in [0.3, 0.4) is 0 Å². The number of amides is 1. The number of halogens is 3. The maximum atomic E-state index is 12.1. The molecule has 0 saturated carbocycles. The van der Waals surface area contributed by atoms with Gasteiger partial charge in [-0.05, 0) is 42.3 Å². The third kappa shape index (κ3) is 7.14. The molecule has 0 aliphatic heterocycles. The SMILES string of the molecule is C/C(=N\NC(=O)CSc1nnc(SCc2ccc(Cl)cc2)s1)c1ccc(Cl)c(Cl)c1. The summed E-state index contributed by atoms with van der Waals surface area (Å²) in [5.74, 6) is 0.735. The maximum absolute atomic E-state index is 12.1. The summed E-state index contributed by atoms with van der Waals surface area (Å²) in [4.78, 5) is 12.1. The highest BCUT2D eigenvalue weighted by Gasteiger charge is 2.09. The Hall–Kier alpha value is -1.29. The average molecular weight is 518 g/mol. The highest BCUT2D eigenvalue weighted by atomic mass is 35.5. The lowest BCUT2D eigenvalue weighted by molar-refractivity contribution is -0.118. The van der Waals surface area contributed by atoms with E-state index in [9.17, 15) is 4.79 Å². The van der Waals surface area contributed by atoms with E-state index in [2.05, 4.69) is 20.7 Å². The second-order valence-electron chi connectivity index (χ2n) is 5.90. The molecule has 0 fully saturated rings. The zero-order valence-electron chi connectivity index (χ0n) is 15.6. The van der Waals surface area contributed by atoms with E-state index in [4.69, 9.17) is 34.8 Å². The number of carbonyl (C=O) groups excluding carboxylic acids is 1. The van der Waals surface area contributed by atoms with E-state index < -0.39 is 0 Å². The van der Waals surface area contributed by atoms with Crippen molar-refractivity contribution in [3.05, 3.63) is 68.7 Å². The van der Waals surface area contributed by atoms with E-state index in [1.54, 1.807) is 36.9 Å². The molecule has 0 radical (unpaired) electrons. The molecule has 1 aromatic heterocycles. The van der Waals surface area contributed by atoms with Crippen molar-refractivity contribution in [2.24, 2.45) is 5.10 Å². The molecule has 1 N–H and O–H groups in total. The van der Waals surface area contributed by atoms with E-state index in [-0.39, 0.29) is 11.7 Å². The molecule has 0 spiro atoms. The predicted octanol–water partition coefficient (Wildman–Crippen LogP) is 6.42. The fourth-order valence-electron chi connectivity index (χ4n) is 2.13. The number of aromatic nitrogens is 2. The van der Waals surface area contributed by atoms with Crippen LogP contribution in [0.5, 0.6) is 0 Å². The van der Waals surface area contributed by atoms with Crippen LogP contribution in [-0.2, 0) is 10.5 Å². The molecule has 2 aromatic carbocycles. The van der Waals surface area contributed by atoms with Crippen LogP contribution in [0.4, 0.5) is 0 Å². The van der Waals surface area contributed by atoms with Gasteiger partial charge >= 0.3 is 0 Å². The fraction of sp³-hybridized carbons (Fsp3) is 0.158. The second kappa shape index (κ2) is 11.4. The van der Waals surface area contributed by atoms with Gasteiger partial charge in [0, 0.05) is 10.8 Å². The van der Waals surface area contributed by atoms with Gasteiger partial charge in [-0.2, -0.15) is 5.10 Å². The largest absolute Gasteiger partial charge is 0.272 e. The molecule has 30 heavy (non-hydrogen) atoms. The van der Waals surface area contributed by atoms with Crippen molar-refractivity contribution in [3.8, 4) is 0 Å². The molecule has 0 atom stereocenters. The number of nitrogens with one attached hydrogen (secondary N) is 1. The number of thioether (sulfide) groups is 2. The van der Waals surface area contributed by atoms with Gasteiger partial charge in [-0.1, -0.05) is 87.9 Å². The molecule has 3 aromatic rings. The summed E-state index contributed by atoms with van der Waals surface area (Å²) in [6.45, 7) is 1.78. The van der Waals surface area contributed by atoms with Gasteiger partial charge in [-0.3, -0.25) is 4.79 Å². The van der Waals surface area contributed by atoms with Crippen LogP contribution < -0.4 is 5.43 Å². The van der Waals surface area contributed by atoms with Crippen molar-refractivity contribution in [2.75, 3.05) is 5.75 Å². The monoisotopic (exact) mass is 516 g/mol. The van der Waals surface area contributed by atoms with Crippen LogP contribution in [0.25, 0.3) is 0 Å². The normalized spacial score (nSPS) is 11.5. The zero-order valence-corrected chi connectivity index (χ0v) is 20.3. The Labute approximate surface area is 201 Å². The molecule has 0 unspecified atom stereocenters. The first-order chi connectivity index (χ1) is 14.4. The Bertz CT molecular complexity index is 1060. The number of hydrazone groups is 1. The first kappa shape index (κ1) is 23.4. The minimum absolute atomic E-state index is 0.189. The van der Waals surface area contributed by atoms with E-state index >= 15 is 0 Å². The summed E-state index contributed by atoms with van der Waals surface area (Å²) in [7, 11) is 0. The predicted molar refractivity (Wildman–Crippen MR) is 128 cm³/mol. The molecule has 0 saturated heterocycles. The number of rotatable bonds is 8. The number of carbonyl (C=O) groups is 1. The lowest BCUT2D eigenvalue weighted by Gasteiger charge is -2.04. The summed E-state index contributed by atoms with van der Waals surface area (Å²) >= 11 is 22.2. The second-order valence-corrected chi connectivity index (χ2v) is 10.6. The first-order valence-electron chi connectivity index (χ1n) is 8.53. The third-order valence-corrected chi connectivity index (χ3v) is 7.93. The smallest absolute Gasteiger partial charge is 0.250 e. The van der Waals surface area contributed by atoms with Crippen LogP contribution in [0.1, 0.15) is 18.1 Å². The van der Waals surface area contributed by atoms with E-state index in [1.807, 2.05) is 24.3 Å². The third-order valence-electron chi connectivity index (χ3n) is 3.68. The lowest BCUT2D eigenvalue weighted by atomic mass is 10.1. The molecule has 5 nitrogen and oxygen atoms in total. The Morgan fingerprint density at radius 2 is 1.73 bits per heavy atom. The van der Waals surface area contributed by atoms with Crippen LogP contribution in [0.15, 0.2) is 56.2 Å². The van der Waals surface area contributed by atoms with Crippen molar-refractivity contribution < 1.29 is 4.79 Å². The van der Waals surface area contributed by atoms with Crippen molar-refractivity contribution in [3.63, 3.8) is 0 Å². The average Bonchev–Trinajstić information content (AvgIpc) is 3.20. The molecule has 1 amide bonds. The summed E-state index contributed by atoms with van der Waals surface area (Å²) < 4.78 is 1.58. The van der Waals surface area contributed by atoms with Crippen LogP contribution in [0, 0.1) is 0 Å². The highest BCUT2D eigenvalue weighted by Crippen LogP contribution is 2.30.